The number of halogens is 1. The molecule has 3 rings (SSSR count). The van der Waals surface area contributed by atoms with Crippen molar-refractivity contribution in [1.29, 1.82) is 0 Å². The first-order chi connectivity index (χ1) is 10.2. The van der Waals surface area contributed by atoms with Crippen molar-refractivity contribution in [1.82, 2.24) is 4.57 Å². The van der Waals surface area contributed by atoms with Gasteiger partial charge in [-0.05, 0) is 29.8 Å². The van der Waals surface area contributed by atoms with E-state index in [0.29, 0.717) is 12.1 Å². The molecule has 3 aromatic rings. The fourth-order valence-electron chi connectivity index (χ4n) is 2.49. The van der Waals surface area contributed by atoms with E-state index in [1.54, 1.807) is 7.11 Å². The Hall–Kier alpha value is -2.07. The Balaban J connectivity index is 2.04. The Labute approximate surface area is 131 Å². The van der Waals surface area contributed by atoms with Crippen molar-refractivity contribution in [2.45, 2.75) is 6.54 Å². The summed E-state index contributed by atoms with van der Waals surface area (Å²) in [5, 5.41) is 0.959. The highest BCUT2D eigenvalue weighted by atomic mass is 79.9. The Kier molecular flexibility index (Phi) is 3.80. The molecule has 0 aliphatic rings. The van der Waals surface area contributed by atoms with Crippen LogP contribution < -0.4 is 4.74 Å². The van der Waals surface area contributed by atoms with Crippen molar-refractivity contribution >= 4 is 33.1 Å². The molecule has 1 heterocycles. The lowest BCUT2D eigenvalue weighted by molar-refractivity contribution is 0.112. The first-order valence-electron chi connectivity index (χ1n) is 6.58. The molecule has 2 aromatic carbocycles. The van der Waals surface area contributed by atoms with Crippen molar-refractivity contribution in [2.24, 2.45) is 0 Å². The Morgan fingerprint density at radius 1 is 1.19 bits per heavy atom. The second-order valence-electron chi connectivity index (χ2n) is 4.81. The van der Waals surface area contributed by atoms with Crippen molar-refractivity contribution in [3.05, 3.63) is 64.3 Å². The van der Waals surface area contributed by atoms with Gasteiger partial charge in [-0.3, -0.25) is 4.79 Å². The van der Waals surface area contributed by atoms with Crippen LogP contribution in [0.3, 0.4) is 0 Å². The Bertz CT molecular complexity index is 790. The van der Waals surface area contributed by atoms with Gasteiger partial charge in [0, 0.05) is 28.2 Å². The number of hydrogen-bond donors (Lipinski definition) is 0. The molecule has 0 fully saturated rings. The largest absolute Gasteiger partial charge is 0.497 e. The average molecular weight is 344 g/mol. The van der Waals surface area contributed by atoms with E-state index in [1.807, 2.05) is 48.7 Å². The number of hydrogen-bond acceptors (Lipinski definition) is 2. The van der Waals surface area contributed by atoms with Crippen LogP contribution in [-0.2, 0) is 6.54 Å². The zero-order valence-electron chi connectivity index (χ0n) is 11.5. The summed E-state index contributed by atoms with van der Waals surface area (Å²) < 4.78 is 8.20. The van der Waals surface area contributed by atoms with E-state index in [2.05, 4.69) is 20.5 Å². The van der Waals surface area contributed by atoms with E-state index < -0.39 is 0 Å². The molecule has 0 saturated carbocycles. The molecule has 21 heavy (non-hydrogen) atoms. The van der Waals surface area contributed by atoms with Gasteiger partial charge in [0.25, 0.3) is 0 Å². The van der Waals surface area contributed by atoms with Crippen LogP contribution in [0.15, 0.2) is 53.1 Å². The molecule has 0 saturated heterocycles. The van der Waals surface area contributed by atoms with Gasteiger partial charge < -0.3 is 9.30 Å². The molecule has 0 atom stereocenters. The molecule has 0 bridgehead atoms. The highest BCUT2D eigenvalue weighted by Crippen LogP contribution is 2.28. The number of benzene rings is 2. The monoisotopic (exact) mass is 343 g/mol. The standard InChI is InChI=1S/C17H14BrNO2/c1-21-14-7-5-12(6-8-14)9-19-10-13(11-20)17-15(18)3-2-4-16(17)19/h2-8,10-11H,9H2,1H3. The van der Waals surface area contributed by atoms with Crippen LogP contribution >= 0.6 is 15.9 Å². The van der Waals surface area contributed by atoms with E-state index in [4.69, 9.17) is 4.74 Å². The molecule has 0 radical (unpaired) electrons. The predicted molar refractivity (Wildman–Crippen MR) is 87.1 cm³/mol. The summed E-state index contributed by atoms with van der Waals surface area (Å²) in [4.78, 5) is 11.3. The maximum atomic E-state index is 11.3. The topological polar surface area (TPSA) is 31.2 Å². The molecule has 0 N–H and O–H groups in total. The minimum absolute atomic E-state index is 0.700. The molecule has 0 aliphatic carbocycles. The average Bonchev–Trinajstić information content (AvgIpc) is 2.87. The van der Waals surface area contributed by atoms with Crippen LogP contribution in [0.5, 0.6) is 5.75 Å². The second-order valence-corrected chi connectivity index (χ2v) is 5.67. The summed E-state index contributed by atoms with van der Waals surface area (Å²) in [6, 6.07) is 13.9. The van der Waals surface area contributed by atoms with Crippen LogP contribution in [0.25, 0.3) is 10.9 Å². The number of ether oxygens (including phenoxy) is 1. The SMILES string of the molecule is COc1ccc(Cn2cc(C=O)c3c(Br)cccc32)cc1. The first-order valence-corrected chi connectivity index (χ1v) is 7.37. The van der Waals surface area contributed by atoms with Crippen molar-refractivity contribution in [2.75, 3.05) is 7.11 Å². The smallest absolute Gasteiger partial charge is 0.152 e. The lowest BCUT2D eigenvalue weighted by atomic mass is 10.2. The van der Waals surface area contributed by atoms with Crippen LogP contribution in [0, 0.1) is 0 Å². The van der Waals surface area contributed by atoms with E-state index in [1.165, 1.54) is 0 Å². The zero-order valence-corrected chi connectivity index (χ0v) is 13.1. The molecule has 3 nitrogen and oxygen atoms in total. The fourth-order valence-corrected chi connectivity index (χ4v) is 3.07. The van der Waals surface area contributed by atoms with E-state index in [0.717, 1.165) is 33.0 Å². The van der Waals surface area contributed by atoms with Gasteiger partial charge in [0.2, 0.25) is 0 Å². The fraction of sp³-hybridized carbons (Fsp3) is 0.118. The lowest BCUT2D eigenvalue weighted by Crippen LogP contribution is -1.97. The minimum atomic E-state index is 0.700. The predicted octanol–water partition coefficient (Wildman–Crippen LogP) is 4.27. The Morgan fingerprint density at radius 2 is 1.95 bits per heavy atom. The summed E-state index contributed by atoms with van der Waals surface area (Å²) in [6.07, 6.45) is 2.80. The number of rotatable bonds is 4. The van der Waals surface area contributed by atoms with Gasteiger partial charge in [0.15, 0.2) is 6.29 Å². The van der Waals surface area contributed by atoms with Crippen molar-refractivity contribution in [3.8, 4) is 5.75 Å². The normalized spacial score (nSPS) is 10.8. The minimum Gasteiger partial charge on any atom is -0.497 e. The molecular formula is C17H14BrNO2. The van der Waals surface area contributed by atoms with Gasteiger partial charge in [-0.25, -0.2) is 0 Å². The molecule has 0 aliphatic heterocycles. The van der Waals surface area contributed by atoms with Gasteiger partial charge >= 0.3 is 0 Å². The number of fused-ring (bicyclic) bond motifs is 1. The number of aldehydes is 1. The second kappa shape index (κ2) is 5.74. The third-order valence-electron chi connectivity index (χ3n) is 3.52. The molecular weight excluding hydrogens is 330 g/mol. The number of nitrogens with zero attached hydrogens (tertiary/aromatic N) is 1. The van der Waals surface area contributed by atoms with Gasteiger partial charge in [0.05, 0.1) is 12.6 Å². The van der Waals surface area contributed by atoms with Gasteiger partial charge in [0.1, 0.15) is 5.75 Å². The van der Waals surface area contributed by atoms with Gasteiger partial charge in [-0.15, -0.1) is 0 Å². The maximum Gasteiger partial charge on any atom is 0.152 e. The third kappa shape index (κ3) is 2.59. The van der Waals surface area contributed by atoms with Crippen molar-refractivity contribution < 1.29 is 9.53 Å². The first kappa shape index (κ1) is 13.9. The summed E-state index contributed by atoms with van der Waals surface area (Å²) in [5.74, 6) is 0.840. The van der Waals surface area contributed by atoms with E-state index >= 15 is 0 Å². The van der Waals surface area contributed by atoms with E-state index in [9.17, 15) is 4.79 Å². The number of carbonyl (C=O) groups is 1. The third-order valence-corrected chi connectivity index (χ3v) is 4.18. The quantitative estimate of drug-likeness (QED) is 0.662. The number of carbonyl (C=O) groups excluding carboxylic acids is 1. The highest BCUT2D eigenvalue weighted by molar-refractivity contribution is 9.10. The maximum absolute atomic E-state index is 11.3. The molecule has 0 unspecified atom stereocenters. The summed E-state index contributed by atoms with van der Waals surface area (Å²) in [7, 11) is 1.66. The van der Waals surface area contributed by atoms with Gasteiger partial charge in [-0.1, -0.05) is 34.1 Å². The van der Waals surface area contributed by atoms with Crippen LogP contribution in [0.1, 0.15) is 15.9 Å². The Morgan fingerprint density at radius 3 is 2.62 bits per heavy atom. The van der Waals surface area contributed by atoms with Gasteiger partial charge in [-0.2, -0.15) is 0 Å². The molecule has 1 aromatic heterocycles. The number of aromatic nitrogens is 1. The van der Waals surface area contributed by atoms with Crippen LogP contribution in [-0.4, -0.2) is 18.0 Å². The van der Waals surface area contributed by atoms with E-state index in [-0.39, 0.29) is 0 Å². The van der Waals surface area contributed by atoms with Crippen LogP contribution in [0.4, 0.5) is 0 Å². The molecule has 0 amide bonds. The summed E-state index contributed by atoms with van der Waals surface area (Å²) in [6.45, 7) is 0.713. The molecule has 106 valence electrons. The number of methoxy groups -OCH3 is 1. The summed E-state index contributed by atoms with van der Waals surface area (Å²) >= 11 is 3.52. The molecule has 4 heteroatoms. The summed E-state index contributed by atoms with van der Waals surface area (Å²) in [5.41, 5.74) is 2.90. The van der Waals surface area contributed by atoms with Crippen LogP contribution in [0.2, 0.25) is 0 Å². The molecule has 0 spiro atoms. The zero-order chi connectivity index (χ0) is 14.8. The lowest BCUT2D eigenvalue weighted by Gasteiger charge is -2.07. The van der Waals surface area contributed by atoms with Crippen molar-refractivity contribution in [3.63, 3.8) is 0 Å². The highest BCUT2D eigenvalue weighted by Gasteiger charge is 2.10.